The number of pyridine rings is 1. The number of para-hydroxylation sites is 1. The molecule has 6 nitrogen and oxygen atoms in total. The van der Waals surface area contributed by atoms with E-state index in [1.807, 2.05) is 41.3 Å². The summed E-state index contributed by atoms with van der Waals surface area (Å²) in [6, 6.07) is 10.7. The van der Waals surface area contributed by atoms with Crippen molar-refractivity contribution in [2.24, 2.45) is 0 Å². The monoisotopic (exact) mass is 385 g/mol. The van der Waals surface area contributed by atoms with Crippen LogP contribution in [0.1, 0.15) is 12.8 Å². The van der Waals surface area contributed by atoms with E-state index in [9.17, 15) is 13.6 Å². The third-order valence-corrected chi connectivity index (χ3v) is 5.38. The summed E-state index contributed by atoms with van der Waals surface area (Å²) in [6.07, 6.45) is 2.03. The number of benzene rings is 1. The Balaban J connectivity index is 1.37. The number of alkyl halides is 2. The predicted octanol–water partition coefficient (Wildman–Crippen LogP) is 2.48. The summed E-state index contributed by atoms with van der Waals surface area (Å²) >= 11 is 0. The molecule has 3 heterocycles. The third-order valence-electron chi connectivity index (χ3n) is 5.38. The first-order valence-electron chi connectivity index (χ1n) is 9.35. The first-order valence-corrected chi connectivity index (χ1v) is 9.35. The van der Waals surface area contributed by atoms with Crippen LogP contribution in [0.5, 0.6) is 0 Å². The van der Waals surface area contributed by atoms with Gasteiger partial charge in [0, 0.05) is 42.8 Å². The highest BCUT2D eigenvalue weighted by Crippen LogP contribution is 2.32. The summed E-state index contributed by atoms with van der Waals surface area (Å²) in [5, 5.41) is 13.6. The van der Waals surface area contributed by atoms with Gasteiger partial charge < -0.3 is 10.2 Å². The lowest BCUT2D eigenvalue weighted by Crippen LogP contribution is -2.43. The molecule has 1 unspecified atom stereocenters. The van der Waals surface area contributed by atoms with Gasteiger partial charge in [-0.15, -0.1) is 0 Å². The number of hydrogen-bond donors (Lipinski definition) is 1. The zero-order valence-corrected chi connectivity index (χ0v) is 15.3. The van der Waals surface area contributed by atoms with Crippen molar-refractivity contribution in [2.45, 2.75) is 30.8 Å². The van der Waals surface area contributed by atoms with Crippen LogP contribution in [0.4, 0.5) is 14.5 Å². The van der Waals surface area contributed by atoms with Gasteiger partial charge >= 0.3 is 0 Å². The number of nitriles is 1. The molecule has 0 radical (unpaired) electrons. The fourth-order valence-corrected chi connectivity index (χ4v) is 4.01. The Bertz CT molecular complexity index is 923. The molecule has 0 bridgehead atoms. The Morgan fingerprint density at radius 3 is 3.00 bits per heavy atom. The second-order valence-corrected chi connectivity index (χ2v) is 7.47. The maximum absolute atomic E-state index is 13.6. The van der Waals surface area contributed by atoms with Crippen LogP contribution in [0.3, 0.4) is 0 Å². The molecule has 28 heavy (non-hydrogen) atoms. The molecule has 4 rings (SSSR count). The number of amides is 1. The van der Waals surface area contributed by atoms with Crippen LogP contribution in [0, 0.1) is 11.3 Å². The highest BCUT2D eigenvalue weighted by atomic mass is 19.3. The Morgan fingerprint density at radius 2 is 2.18 bits per heavy atom. The Morgan fingerprint density at radius 1 is 1.36 bits per heavy atom. The lowest BCUT2D eigenvalue weighted by molar-refractivity contribution is -0.133. The molecule has 2 atom stereocenters. The second kappa shape index (κ2) is 7.32. The van der Waals surface area contributed by atoms with Crippen LogP contribution in [0.25, 0.3) is 10.9 Å². The van der Waals surface area contributed by atoms with E-state index in [0.717, 1.165) is 27.9 Å². The average Bonchev–Trinajstić information content (AvgIpc) is 3.25. The van der Waals surface area contributed by atoms with Gasteiger partial charge in [0.25, 0.3) is 5.92 Å². The maximum atomic E-state index is 13.6. The minimum atomic E-state index is -2.98. The van der Waals surface area contributed by atoms with Crippen molar-refractivity contribution in [3.63, 3.8) is 0 Å². The molecule has 8 heteroatoms. The number of carbonyl (C=O) groups excluding carboxylic acids is 1. The van der Waals surface area contributed by atoms with E-state index in [1.54, 1.807) is 6.20 Å². The number of carbonyl (C=O) groups is 1. The summed E-state index contributed by atoms with van der Waals surface area (Å²) in [5.74, 6) is -3.38. The Kier molecular flexibility index (Phi) is 4.85. The Labute approximate surface area is 161 Å². The van der Waals surface area contributed by atoms with Gasteiger partial charge in [-0.25, -0.2) is 8.78 Å². The summed E-state index contributed by atoms with van der Waals surface area (Å²) in [5.41, 5.74) is 1.91. The van der Waals surface area contributed by atoms with Gasteiger partial charge in [0.05, 0.1) is 24.7 Å². The van der Waals surface area contributed by atoms with Crippen LogP contribution < -0.4 is 5.32 Å². The van der Waals surface area contributed by atoms with E-state index < -0.39 is 30.8 Å². The standard InChI is InChI=1S/C20H21F2N5O/c21-20(22)9-15(10-23)27(13-20)19(28)12-26-8-6-14(11-26)25-18-5-7-24-17-4-2-1-3-16(17)18/h1-5,7,14-15H,6,8-9,11-13H2,(H,24,25)/t14-,15?/m0/s1. The topological polar surface area (TPSA) is 72.3 Å². The van der Waals surface area contributed by atoms with Gasteiger partial charge in [0.2, 0.25) is 5.91 Å². The van der Waals surface area contributed by atoms with Crippen molar-refractivity contribution in [2.75, 3.05) is 31.5 Å². The first-order chi connectivity index (χ1) is 13.4. The number of nitrogens with one attached hydrogen (secondary N) is 1. The summed E-state index contributed by atoms with van der Waals surface area (Å²) in [6.45, 7) is 0.740. The van der Waals surface area contributed by atoms with E-state index in [0.29, 0.717) is 13.1 Å². The Hall–Kier alpha value is -2.79. The zero-order valence-electron chi connectivity index (χ0n) is 15.3. The quantitative estimate of drug-likeness (QED) is 0.876. The van der Waals surface area contributed by atoms with Crippen LogP contribution in [0.2, 0.25) is 0 Å². The molecule has 2 saturated heterocycles. The van der Waals surface area contributed by atoms with Crippen molar-refractivity contribution in [3.05, 3.63) is 36.5 Å². The van der Waals surface area contributed by atoms with Gasteiger partial charge in [-0.1, -0.05) is 18.2 Å². The number of fused-ring (bicyclic) bond motifs is 1. The fraction of sp³-hybridized carbons (Fsp3) is 0.450. The van der Waals surface area contributed by atoms with E-state index in [-0.39, 0.29) is 12.6 Å². The lowest BCUT2D eigenvalue weighted by atomic mass is 10.1. The van der Waals surface area contributed by atoms with Crippen molar-refractivity contribution in [1.82, 2.24) is 14.8 Å². The molecular formula is C20H21F2N5O. The number of halogens is 2. The molecule has 1 aromatic carbocycles. The molecule has 2 fully saturated rings. The van der Waals surface area contributed by atoms with Crippen molar-refractivity contribution in [3.8, 4) is 6.07 Å². The fourth-order valence-electron chi connectivity index (χ4n) is 4.01. The lowest BCUT2D eigenvalue weighted by Gasteiger charge is -2.23. The van der Waals surface area contributed by atoms with Crippen LogP contribution in [-0.4, -0.2) is 64.9 Å². The molecule has 146 valence electrons. The number of aromatic nitrogens is 1. The highest BCUT2D eigenvalue weighted by Gasteiger charge is 2.47. The zero-order chi connectivity index (χ0) is 19.7. The molecule has 2 aliphatic heterocycles. The highest BCUT2D eigenvalue weighted by molar-refractivity contribution is 5.91. The third kappa shape index (κ3) is 3.76. The van der Waals surface area contributed by atoms with Gasteiger partial charge in [-0.2, -0.15) is 5.26 Å². The average molecular weight is 385 g/mol. The molecule has 1 N–H and O–H groups in total. The molecule has 0 aliphatic carbocycles. The van der Waals surface area contributed by atoms with Crippen molar-refractivity contribution in [1.29, 1.82) is 5.26 Å². The largest absolute Gasteiger partial charge is 0.380 e. The van der Waals surface area contributed by atoms with E-state index in [2.05, 4.69) is 10.3 Å². The summed E-state index contributed by atoms with van der Waals surface area (Å²) < 4.78 is 27.1. The molecule has 1 aromatic heterocycles. The summed E-state index contributed by atoms with van der Waals surface area (Å²) in [4.78, 5) is 19.8. The minimum absolute atomic E-state index is 0.0591. The van der Waals surface area contributed by atoms with Crippen LogP contribution >= 0.6 is 0 Å². The number of nitrogens with zero attached hydrogens (tertiary/aromatic N) is 4. The molecular weight excluding hydrogens is 364 g/mol. The number of likely N-dealkylation sites (tertiary alicyclic amines) is 2. The molecule has 0 saturated carbocycles. The van der Waals surface area contributed by atoms with Crippen LogP contribution in [-0.2, 0) is 4.79 Å². The van der Waals surface area contributed by atoms with Gasteiger partial charge in [0.1, 0.15) is 6.04 Å². The van der Waals surface area contributed by atoms with Gasteiger partial charge in [-0.05, 0) is 18.6 Å². The maximum Gasteiger partial charge on any atom is 0.268 e. The number of hydrogen-bond acceptors (Lipinski definition) is 5. The molecule has 0 spiro atoms. The van der Waals surface area contributed by atoms with Gasteiger partial charge in [0.15, 0.2) is 0 Å². The van der Waals surface area contributed by atoms with Crippen LogP contribution in [0.15, 0.2) is 36.5 Å². The smallest absolute Gasteiger partial charge is 0.268 e. The van der Waals surface area contributed by atoms with Gasteiger partial charge in [-0.3, -0.25) is 14.7 Å². The predicted molar refractivity (Wildman–Crippen MR) is 101 cm³/mol. The normalized spacial score (nSPS) is 24.4. The second-order valence-electron chi connectivity index (χ2n) is 7.47. The molecule has 2 aromatic rings. The molecule has 2 aliphatic rings. The first kappa shape index (κ1) is 18.6. The van der Waals surface area contributed by atoms with E-state index >= 15 is 0 Å². The number of anilines is 1. The van der Waals surface area contributed by atoms with Crippen molar-refractivity contribution < 1.29 is 13.6 Å². The SMILES string of the molecule is N#CC1CC(F)(F)CN1C(=O)CN1CC[C@H](Nc2ccnc3ccccc23)C1. The minimum Gasteiger partial charge on any atom is -0.380 e. The van der Waals surface area contributed by atoms with E-state index in [4.69, 9.17) is 5.26 Å². The van der Waals surface area contributed by atoms with Crippen molar-refractivity contribution >= 4 is 22.5 Å². The molecule has 1 amide bonds. The number of rotatable bonds is 4. The van der Waals surface area contributed by atoms with E-state index in [1.165, 1.54) is 0 Å². The summed E-state index contributed by atoms with van der Waals surface area (Å²) in [7, 11) is 0.